The highest BCUT2D eigenvalue weighted by Crippen LogP contribution is 2.58. The Morgan fingerprint density at radius 3 is 2.34 bits per heavy atom. The summed E-state index contributed by atoms with van der Waals surface area (Å²) in [5, 5.41) is 10.3. The summed E-state index contributed by atoms with van der Waals surface area (Å²) in [5.74, 6) is -1.80. The molecular formula is C32H43N3O6. The minimum absolute atomic E-state index is 0.0309. The maximum atomic E-state index is 14.5. The number of aliphatic hydroxyl groups is 1. The number of ether oxygens (including phenoxy) is 2. The van der Waals surface area contributed by atoms with Crippen LogP contribution in [-0.4, -0.2) is 88.3 Å². The van der Waals surface area contributed by atoms with E-state index in [1.165, 1.54) is 4.90 Å². The quantitative estimate of drug-likeness (QED) is 0.462. The van der Waals surface area contributed by atoms with Crippen LogP contribution < -0.4 is 9.64 Å². The number of hydrogen-bond acceptors (Lipinski definition) is 6. The van der Waals surface area contributed by atoms with Crippen molar-refractivity contribution < 1.29 is 29.0 Å². The number of likely N-dealkylation sites (tertiary alicyclic amines) is 1. The number of aliphatic hydroxyl groups excluding tert-OH is 1. The number of carbonyl (C=O) groups excluding carboxylic acids is 3. The predicted molar refractivity (Wildman–Crippen MR) is 155 cm³/mol. The molecule has 0 aromatic heterocycles. The summed E-state index contributed by atoms with van der Waals surface area (Å²) in [4.78, 5) is 48.4. The largest absolute Gasteiger partial charge is 0.494 e. The highest BCUT2D eigenvalue weighted by atomic mass is 16.5. The van der Waals surface area contributed by atoms with Crippen LogP contribution in [-0.2, 0) is 19.1 Å². The van der Waals surface area contributed by atoms with Gasteiger partial charge in [-0.05, 0) is 57.9 Å². The Morgan fingerprint density at radius 1 is 1.00 bits per heavy atom. The molecule has 0 saturated carbocycles. The van der Waals surface area contributed by atoms with E-state index >= 15 is 0 Å². The smallest absolute Gasteiger partial charge is 0.249 e. The SMILES string of the molecule is CCCC(C)N1CC=C[C@]23O[C@@]4(C)C=CCN(c5ccc(OCC)cc5)C(=O)[C@H]4[C@H]2C(=O)N([C@@H](CC)CO)C3C1=O. The molecule has 9 heteroatoms. The van der Waals surface area contributed by atoms with E-state index in [-0.39, 0.29) is 30.4 Å². The van der Waals surface area contributed by atoms with Gasteiger partial charge in [0.1, 0.15) is 17.4 Å². The van der Waals surface area contributed by atoms with E-state index in [4.69, 9.17) is 9.47 Å². The first kappa shape index (κ1) is 29.3. The van der Waals surface area contributed by atoms with Crippen molar-refractivity contribution in [3.63, 3.8) is 0 Å². The molecule has 41 heavy (non-hydrogen) atoms. The predicted octanol–water partition coefficient (Wildman–Crippen LogP) is 3.32. The number of benzene rings is 1. The lowest BCUT2D eigenvalue weighted by Crippen LogP contribution is -2.59. The number of amides is 3. The van der Waals surface area contributed by atoms with Crippen LogP contribution >= 0.6 is 0 Å². The summed E-state index contributed by atoms with van der Waals surface area (Å²) in [6.45, 7) is 10.7. The van der Waals surface area contributed by atoms with Gasteiger partial charge >= 0.3 is 0 Å². The average Bonchev–Trinajstić information content (AvgIpc) is 3.22. The second-order valence-electron chi connectivity index (χ2n) is 11.8. The molecule has 4 heterocycles. The van der Waals surface area contributed by atoms with E-state index in [2.05, 4.69) is 6.92 Å². The average molecular weight is 566 g/mol. The van der Waals surface area contributed by atoms with Gasteiger partial charge in [-0.25, -0.2) is 0 Å². The minimum Gasteiger partial charge on any atom is -0.494 e. The lowest BCUT2D eigenvalue weighted by molar-refractivity contribution is -0.155. The summed E-state index contributed by atoms with van der Waals surface area (Å²) in [5.41, 5.74) is -1.74. The zero-order chi connectivity index (χ0) is 29.5. The first-order valence-corrected chi connectivity index (χ1v) is 15.0. The second kappa shape index (κ2) is 11.2. The van der Waals surface area contributed by atoms with Crippen LogP contribution in [0, 0.1) is 11.8 Å². The fourth-order valence-corrected chi connectivity index (χ4v) is 7.38. The van der Waals surface area contributed by atoms with E-state index in [9.17, 15) is 19.5 Å². The Hall–Kier alpha value is -3.17. The van der Waals surface area contributed by atoms with Gasteiger partial charge in [-0.2, -0.15) is 0 Å². The van der Waals surface area contributed by atoms with E-state index < -0.39 is 35.1 Å². The van der Waals surface area contributed by atoms with Gasteiger partial charge in [0.15, 0.2) is 0 Å². The molecule has 0 radical (unpaired) electrons. The van der Waals surface area contributed by atoms with Crippen LogP contribution in [0.25, 0.3) is 0 Å². The highest BCUT2D eigenvalue weighted by molar-refractivity contribution is 6.04. The van der Waals surface area contributed by atoms with Gasteiger partial charge in [0.25, 0.3) is 0 Å². The van der Waals surface area contributed by atoms with Gasteiger partial charge in [-0.15, -0.1) is 0 Å². The van der Waals surface area contributed by atoms with Gasteiger partial charge in [0, 0.05) is 24.8 Å². The highest BCUT2D eigenvalue weighted by Gasteiger charge is 2.75. The molecule has 1 N–H and O–H groups in total. The van der Waals surface area contributed by atoms with Gasteiger partial charge in [-0.3, -0.25) is 14.4 Å². The molecule has 2 unspecified atom stereocenters. The fourth-order valence-electron chi connectivity index (χ4n) is 7.38. The zero-order valence-corrected chi connectivity index (χ0v) is 24.8. The van der Waals surface area contributed by atoms with Crippen molar-refractivity contribution in [2.45, 2.75) is 83.2 Å². The lowest BCUT2D eigenvalue weighted by Gasteiger charge is -2.41. The molecule has 1 aromatic rings. The van der Waals surface area contributed by atoms with Crippen LogP contribution in [0.3, 0.4) is 0 Å². The van der Waals surface area contributed by atoms with Crippen LogP contribution in [0.5, 0.6) is 5.75 Å². The van der Waals surface area contributed by atoms with Crippen LogP contribution in [0.2, 0.25) is 0 Å². The fraction of sp³-hybridized carbons (Fsp3) is 0.594. The zero-order valence-electron chi connectivity index (χ0n) is 24.8. The molecule has 1 aromatic carbocycles. The van der Waals surface area contributed by atoms with E-state index in [1.807, 2.05) is 81.2 Å². The Bertz CT molecular complexity index is 1230. The van der Waals surface area contributed by atoms with Gasteiger partial charge in [0.05, 0.1) is 36.7 Å². The minimum atomic E-state index is -1.33. The summed E-state index contributed by atoms with van der Waals surface area (Å²) < 4.78 is 12.5. The third kappa shape index (κ3) is 4.57. The van der Waals surface area contributed by atoms with Gasteiger partial charge in [-0.1, -0.05) is 44.6 Å². The molecule has 0 bridgehead atoms. The summed E-state index contributed by atoms with van der Waals surface area (Å²) >= 11 is 0. The third-order valence-electron chi connectivity index (χ3n) is 9.30. The van der Waals surface area contributed by atoms with Crippen molar-refractivity contribution in [1.82, 2.24) is 9.80 Å². The molecule has 4 aliphatic rings. The van der Waals surface area contributed by atoms with E-state index in [0.717, 1.165) is 12.8 Å². The molecule has 5 rings (SSSR count). The normalized spacial score (nSPS) is 32.4. The topological polar surface area (TPSA) is 99.6 Å². The maximum absolute atomic E-state index is 14.5. The Labute approximate surface area is 242 Å². The molecule has 2 fully saturated rings. The number of fused-ring (bicyclic) bond motifs is 2. The molecule has 2 saturated heterocycles. The molecule has 0 aliphatic carbocycles. The van der Waals surface area contributed by atoms with Crippen molar-refractivity contribution in [1.29, 1.82) is 0 Å². The molecule has 7 atom stereocenters. The van der Waals surface area contributed by atoms with Gasteiger partial charge in [0.2, 0.25) is 17.7 Å². The molecule has 9 nitrogen and oxygen atoms in total. The van der Waals surface area contributed by atoms with Crippen LogP contribution in [0.4, 0.5) is 5.69 Å². The Kier molecular flexibility index (Phi) is 8.05. The first-order valence-electron chi connectivity index (χ1n) is 15.0. The standard InChI is InChI=1S/C32H43N3O6/c1-6-11-21(4)33-18-10-17-32-26(29(38)35(22(7-2)20-36)27(32)30(33)39)25-28(37)34(19-9-16-31(25,5)41-32)23-12-14-24(15-13-23)40-8-3/h9-10,12-17,21-22,25-27,36H,6-8,11,18-20H2,1-5H3/t21?,22-,25+,26-,27?,31-,32-/m0/s1. The van der Waals surface area contributed by atoms with E-state index in [1.54, 1.807) is 4.90 Å². The first-order chi connectivity index (χ1) is 19.7. The van der Waals surface area contributed by atoms with Crippen molar-refractivity contribution >= 4 is 23.4 Å². The lowest BCUT2D eigenvalue weighted by atomic mass is 9.74. The Balaban J connectivity index is 1.61. The Morgan fingerprint density at radius 2 is 1.71 bits per heavy atom. The molecule has 3 amide bonds. The van der Waals surface area contributed by atoms with Gasteiger partial charge < -0.3 is 29.3 Å². The van der Waals surface area contributed by atoms with Crippen LogP contribution in [0.15, 0.2) is 48.6 Å². The number of nitrogens with zero attached hydrogens (tertiary/aromatic N) is 3. The number of hydrogen-bond donors (Lipinski definition) is 1. The maximum Gasteiger partial charge on any atom is 0.249 e. The van der Waals surface area contributed by atoms with E-state index in [0.29, 0.717) is 37.6 Å². The summed E-state index contributed by atoms with van der Waals surface area (Å²) in [6.07, 6.45) is 9.79. The van der Waals surface area contributed by atoms with Crippen molar-refractivity contribution in [3.05, 3.63) is 48.6 Å². The third-order valence-corrected chi connectivity index (χ3v) is 9.30. The van der Waals surface area contributed by atoms with Crippen LogP contribution in [0.1, 0.15) is 53.9 Å². The number of rotatable bonds is 9. The van der Waals surface area contributed by atoms with Crippen molar-refractivity contribution in [3.8, 4) is 5.75 Å². The summed E-state index contributed by atoms with van der Waals surface area (Å²) in [6, 6.07) is 5.78. The van der Waals surface area contributed by atoms with Crippen molar-refractivity contribution in [2.24, 2.45) is 11.8 Å². The second-order valence-corrected chi connectivity index (χ2v) is 11.8. The number of carbonyl (C=O) groups is 3. The summed E-state index contributed by atoms with van der Waals surface area (Å²) in [7, 11) is 0. The van der Waals surface area contributed by atoms with Crippen molar-refractivity contribution in [2.75, 3.05) is 31.2 Å². The monoisotopic (exact) mass is 565 g/mol. The molecular weight excluding hydrogens is 522 g/mol. The molecule has 222 valence electrons. The molecule has 1 spiro atoms. The number of anilines is 1. The molecule has 4 aliphatic heterocycles.